The van der Waals surface area contributed by atoms with Gasteiger partial charge in [0.2, 0.25) is 0 Å². The van der Waals surface area contributed by atoms with E-state index < -0.39 is 0 Å². The number of amides is 1. The van der Waals surface area contributed by atoms with Crippen LogP contribution < -0.4 is 5.32 Å². The van der Waals surface area contributed by atoms with Gasteiger partial charge in [-0.15, -0.1) is 5.10 Å². The quantitative estimate of drug-likeness (QED) is 0.412. The molecule has 7 nitrogen and oxygen atoms in total. The number of aromatic nitrogens is 5. The van der Waals surface area contributed by atoms with Crippen molar-refractivity contribution in [2.24, 2.45) is 11.3 Å². The number of para-hydroxylation sites is 1. The van der Waals surface area contributed by atoms with E-state index in [1.807, 2.05) is 50.2 Å². The van der Waals surface area contributed by atoms with Crippen LogP contribution in [-0.2, 0) is 5.75 Å². The number of aryl methyl sites for hydroxylation is 2. The lowest BCUT2D eigenvalue weighted by atomic mass is 9.70. The van der Waals surface area contributed by atoms with Crippen LogP contribution >= 0.6 is 11.8 Å². The second-order valence-corrected chi connectivity index (χ2v) is 10.9. The van der Waals surface area contributed by atoms with Crippen LogP contribution in [0.4, 0.5) is 0 Å². The number of rotatable bonds is 6. The van der Waals surface area contributed by atoms with E-state index in [9.17, 15) is 4.79 Å². The molecule has 1 aliphatic rings. The molecular formula is C25H32N6OS. The van der Waals surface area contributed by atoms with Crippen molar-refractivity contribution in [3.05, 3.63) is 59.2 Å². The van der Waals surface area contributed by atoms with Crippen LogP contribution in [0.2, 0.25) is 0 Å². The summed E-state index contributed by atoms with van der Waals surface area (Å²) in [5, 5.41) is 12.6. The number of nitrogens with one attached hydrogen (secondary N) is 1. The van der Waals surface area contributed by atoms with Crippen molar-refractivity contribution >= 4 is 17.7 Å². The molecule has 1 aromatic carbocycles. The second kappa shape index (κ2) is 9.63. The van der Waals surface area contributed by atoms with Crippen molar-refractivity contribution in [3.8, 4) is 5.69 Å². The molecule has 0 saturated heterocycles. The number of hydrogen-bond donors (Lipinski definition) is 1. The fourth-order valence-corrected chi connectivity index (χ4v) is 5.93. The lowest BCUT2D eigenvalue weighted by Gasteiger charge is -2.39. The van der Waals surface area contributed by atoms with Crippen LogP contribution in [0, 0.1) is 25.2 Å². The summed E-state index contributed by atoms with van der Waals surface area (Å²) in [6.45, 7) is 10.7. The van der Waals surface area contributed by atoms with E-state index in [1.165, 1.54) is 18.2 Å². The molecule has 4 rings (SSSR count). The third-order valence-corrected chi connectivity index (χ3v) is 6.86. The highest BCUT2D eigenvalue weighted by Gasteiger charge is 2.33. The van der Waals surface area contributed by atoms with E-state index in [1.54, 1.807) is 4.68 Å². The van der Waals surface area contributed by atoms with Gasteiger partial charge in [0, 0.05) is 23.2 Å². The monoisotopic (exact) mass is 464 g/mol. The van der Waals surface area contributed by atoms with E-state index in [2.05, 4.69) is 46.4 Å². The number of carbonyl (C=O) groups excluding carboxylic acids is 1. The minimum atomic E-state index is -0.163. The van der Waals surface area contributed by atoms with Crippen LogP contribution in [-0.4, -0.2) is 36.9 Å². The fraction of sp³-hybridized carbons (Fsp3) is 0.480. The maximum absolute atomic E-state index is 13.3. The molecule has 1 fully saturated rings. The Morgan fingerprint density at radius 2 is 1.85 bits per heavy atom. The Kier molecular flexibility index (Phi) is 6.83. The predicted octanol–water partition coefficient (Wildman–Crippen LogP) is 4.91. The first-order chi connectivity index (χ1) is 15.7. The van der Waals surface area contributed by atoms with Crippen molar-refractivity contribution in [1.82, 2.24) is 30.3 Å². The molecule has 2 atom stereocenters. The van der Waals surface area contributed by atoms with Crippen molar-refractivity contribution in [2.45, 2.75) is 70.8 Å². The average molecular weight is 465 g/mol. The van der Waals surface area contributed by atoms with Crippen molar-refractivity contribution in [3.63, 3.8) is 0 Å². The van der Waals surface area contributed by atoms with Gasteiger partial charge in [0.1, 0.15) is 0 Å². The minimum absolute atomic E-state index is 0.140. The Balaban J connectivity index is 1.60. The fourth-order valence-electron chi connectivity index (χ4n) is 4.98. The zero-order valence-electron chi connectivity index (χ0n) is 20.0. The molecule has 0 spiro atoms. The van der Waals surface area contributed by atoms with E-state index in [4.69, 9.17) is 0 Å². The Morgan fingerprint density at radius 1 is 1.15 bits per heavy atom. The molecule has 1 amide bonds. The molecule has 2 aromatic heterocycles. The smallest absolute Gasteiger partial charge is 0.274 e. The van der Waals surface area contributed by atoms with Crippen molar-refractivity contribution in [2.75, 3.05) is 0 Å². The molecule has 1 N–H and O–H groups in total. The van der Waals surface area contributed by atoms with Crippen LogP contribution in [0.25, 0.3) is 5.69 Å². The van der Waals surface area contributed by atoms with E-state index in [0.717, 1.165) is 35.6 Å². The van der Waals surface area contributed by atoms with Gasteiger partial charge < -0.3 is 5.32 Å². The van der Waals surface area contributed by atoms with Gasteiger partial charge in [-0.1, -0.05) is 55.9 Å². The first kappa shape index (κ1) is 23.4. The summed E-state index contributed by atoms with van der Waals surface area (Å²) in [5.74, 6) is 0.903. The number of carbonyl (C=O) groups is 1. The normalized spacial score (nSPS) is 19.9. The molecule has 174 valence electrons. The molecule has 1 aliphatic carbocycles. The summed E-state index contributed by atoms with van der Waals surface area (Å²) in [4.78, 5) is 22.4. The first-order valence-corrected chi connectivity index (χ1v) is 12.4. The Hall–Kier alpha value is -2.74. The molecule has 0 radical (unpaired) electrons. The number of benzene rings is 1. The molecule has 1 saturated carbocycles. The minimum Gasteiger partial charge on any atom is -0.348 e. The van der Waals surface area contributed by atoms with Crippen LogP contribution in [0.5, 0.6) is 0 Å². The van der Waals surface area contributed by atoms with Gasteiger partial charge >= 0.3 is 0 Å². The summed E-state index contributed by atoms with van der Waals surface area (Å²) in [5.41, 5.74) is 4.05. The number of thioether (sulfide) groups is 1. The topological polar surface area (TPSA) is 85.6 Å². The molecule has 3 aromatic rings. The zero-order chi connectivity index (χ0) is 23.6. The number of nitrogens with zero attached hydrogens (tertiary/aromatic N) is 5. The molecule has 0 bridgehead atoms. The van der Waals surface area contributed by atoms with Gasteiger partial charge in [-0.25, -0.2) is 14.6 Å². The molecule has 8 heteroatoms. The van der Waals surface area contributed by atoms with Gasteiger partial charge in [-0.3, -0.25) is 4.79 Å². The molecule has 0 aliphatic heterocycles. The highest BCUT2D eigenvalue weighted by molar-refractivity contribution is 7.98. The third-order valence-electron chi connectivity index (χ3n) is 6.00. The summed E-state index contributed by atoms with van der Waals surface area (Å²) in [6, 6.07) is 11.9. The maximum atomic E-state index is 13.3. The average Bonchev–Trinajstić information content (AvgIpc) is 3.15. The summed E-state index contributed by atoms with van der Waals surface area (Å²) in [7, 11) is 0. The first-order valence-electron chi connectivity index (χ1n) is 11.5. The predicted molar refractivity (Wildman–Crippen MR) is 130 cm³/mol. The standard InChI is InChI=1S/C25H32N6OS/c1-16-11-19(14-25(4,5)13-16)28-23(32)22-21(15-33-24-26-17(2)12-18(3)27-24)31(30-29-22)20-9-7-6-8-10-20/h6-10,12,16,19H,11,13-15H2,1-5H3,(H,28,32). The third kappa shape index (κ3) is 5.79. The van der Waals surface area contributed by atoms with Gasteiger partial charge in [-0.05, 0) is 62.6 Å². The zero-order valence-corrected chi connectivity index (χ0v) is 20.8. The van der Waals surface area contributed by atoms with E-state index >= 15 is 0 Å². The molecule has 2 heterocycles. The van der Waals surface area contributed by atoms with Gasteiger partial charge in [0.25, 0.3) is 5.91 Å². The Bertz CT molecular complexity index is 1110. The van der Waals surface area contributed by atoms with Crippen molar-refractivity contribution < 1.29 is 4.79 Å². The highest BCUT2D eigenvalue weighted by atomic mass is 32.2. The van der Waals surface area contributed by atoms with Crippen molar-refractivity contribution in [1.29, 1.82) is 0 Å². The maximum Gasteiger partial charge on any atom is 0.274 e. The van der Waals surface area contributed by atoms with Crippen LogP contribution in [0.15, 0.2) is 41.6 Å². The van der Waals surface area contributed by atoms with Gasteiger partial charge in [0.05, 0.1) is 11.4 Å². The summed E-state index contributed by atoms with van der Waals surface area (Å²) < 4.78 is 1.75. The van der Waals surface area contributed by atoms with E-state index in [-0.39, 0.29) is 17.4 Å². The lowest BCUT2D eigenvalue weighted by molar-refractivity contribution is 0.0868. The van der Waals surface area contributed by atoms with Gasteiger partial charge in [-0.2, -0.15) is 0 Å². The molecule has 33 heavy (non-hydrogen) atoms. The Morgan fingerprint density at radius 3 is 2.52 bits per heavy atom. The highest BCUT2D eigenvalue weighted by Crippen LogP contribution is 2.38. The second-order valence-electron chi connectivity index (χ2n) is 9.94. The lowest BCUT2D eigenvalue weighted by Crippen LogP contribution is -2.43. The summed E-state index contributed by atoms with van der Waals surface area (Å²) >= 11 is 1.49. The Labute approximate surface area is 199 Å². The van der Waals surface area contributed by atoms with Crippen LogP contribution in [0.3, 0.4) is 0 Å². The SMILES string of the molecule is Cc1cc(C)nc(SCc2c(C(=O)NC3CC(C)CC(C)(C)C3)nnn2-c2ccccc2)n1. The molecule has 2 unspecified atom stereocenters. The largest absolute Gasteiger partial charge is 0.348 e. The van der Waals surface area contributed by atoms with E-state index in [0.29, 0.717) is 22.5 Å². The number of hydrogen-bond acceptors (Lipinski definition) is 6. The summed E-state index contributed by atoms with van der Waals surface area (Å²) in [6.07, 6.45) is 3.14. The van der Waals surface area contributed by atoms with Crippen LogP contribution in [0.1, 0.15) is 67.6 Å². The molecular weight excluding hydrogens is 432 g/mol. The van der Waals surface area contributed by atoms with Gasteiger partial charge in [0.15, 0.2) is 10.9 Å².